The molecule has 4 heteroatoms. The number of hydrogen-bond donors (Lipinski definition) is 1. The van der Waals surface area contributed by atoms with Crippen molar-refractivity contribution >= 4 is 27.5 Å². The minimum Gasteiger partial charge on any atom is -0.457 e. The van der Waals surface area contributed by atoms with Crippen LogP contribution in [0.5, 0.6) is 11.5 Å². The summed E-state index contributed by atoms with van der Waals surface area (Å²) < 4.78 is 6.80. The van der Waals surface area contributed by atoms with E-state index < -0.39 is 0 Å². The maximum atomic E-state index is 6.27. The number of halogens is 2. The normalized spacial score (nSPS) is 10.6. The molecule has 2 nitrogen and oxygen atoms in total. The number of hydrogen-bond acceptors (Lipinski definition) is 2. The Hall–Kier alpha value is -1.03. The van der Waals surface area contributed by atoms with Crippen molar-refractivity contribution in [2.75, 3.05) is 6.54 Å². The second-order valence-corrected chi connectivity index (χ2v) is 5.81. The zero-order valence-corrected chi connectivity index (χ0v) is 13.7. The molecule has 0 spiro atoms. The predicted octanol–water partition coefficient (Wildman–Crippen LogP) is 5.39. The van der Waals surface area contributed by atoms with Gasteiger partial charge in [0.25, 0.3) is 0 Å². The molecule has 20 heavy (non-hydrogen) atoms. The summed E-state index contributed by atoms with van der Waals surface area (Å²) in [5.74, 6) is 1.54. The van der Waals surface area contributed by atoms with Crippen molar-refractivity contribution in [3.63, 3.8) is 0 Å². The summed E-state index contributed by atoms with van der Waals surface area (Å²) in [6, 6.07) is 13.5. The van der Waals surface area contributed by atoms with Crippen LogP contribution in [0.1, 0.15) is 18.9 Å². The minimum absolute atomic E-state index is 0.725. The molecule has 0 radical (unpaired) electrons. The van der Waals surface area contributed by atoms with E-state index in [1.807, 2.05) is 42.5 Å². The van der Waals surface area contributed by atoms with Gasteiger partial charge in [0.2, 0.25) is 0 Å². The van der Waals surface area contributed by atoms with Crippen LogP contribution in [0, 0.1) is 0 Å². The molecule has 0 atom stereocenters. The number of rotatable bonds is 6. The first-order chi connectivity index (χ1) is 9.69. The molecule has 0 aromatic heterocycles. The van der Waals surface area contributed by atoms with Crippen molar-refractivity contribution in [3.05, 3.63) is 57.5 Å². The van der Waals surface area contributed by atoms with E-state index in [1.165, 1.54) is 0 Å². The molecule has 0 bridgehead atoms. The molecule has 0 aliphatic heterocycles. The Morgan fingerprint density at radius 1 is 1.10 bits per heavy atom. The summed E-state index contributed by atoms with van der Waals surface area (Å²) in [5.41, 5.74) is 1.09. The number of ether oxygens (including phenoxy) is 1. The molecule has 0 saturated carbocycles. The van der Waals surface area contributed by atoms with Crippen LogP contribution >= 0.6 is 27.5 Å². The third kappa shape index (κ3) is 4.51. The molecule has 0 amide bonds. The van der Waals surface area contributed by atoms with Crippen molar-refractivity contribution in [1.82, 2.24) is 5.32 Å². The lowest BCUT2D eigenvalue weighted by Gasteiger charge is -2.09. The van der Waals surface area contributed by atoms with Crippen LogP contribution in [0.4, 0.5) is 0 Å². The molecule has 1 N–H and O–H groups in total. The Labute approximate surface area is 133 Å². The summed E-state index contributed by atoms with van der Waals surface area (Å²) in [6.45, 7) is 3.92. The van der Waals surface area contributed by atoms with Gasteiger partial charge in [0.1, 0.15) is 11.5 Å². The third-order valence-electron chi connectivity index (χ3n) is 2.82. The standard InChI is InChI=1S/C16H17BrClNO/c1-2-9-19-11-12-3-6-15(10-16(12)18)20-14-7-4-13(17)5-8-14/h3-8,10,19H,2,9,11H2,1H3. The quantitative estimate of drug-likeness (QED) is 0.702. The van der Waals surface area contributed by atoms with Crippen LogP contribution in [0.2, 0.25) is 5.02 Å². The largest absolute Gasteiger partial charge is 0.457 e. The van der Waals surface area contributed by atoms with Crippen molar-refractivity contribution in [3.8, 4) is 11.5 Å². The third-order valence-corrected chi connectivity index (χ3v) is 3.70. The van der Waals surface area contributed by atoms with Gasteiger partial charge >= 0.3 is 0 Å². The molecule has 0 saturated heterocycles. The van der Waals surface area contributed by atoms with Crippen LogP contribution < -0.4 is 10.1 Å². The predicted molar refractivity (Wildman–Crippen MR) is 87.7 cm³/mol. The van der Waals surface area contributed by atoms with Crippen LogP contribution in [-0.2, 0) is 6.54 Å². The van der Waals surface area contributed by atoms with E-state index in [4.69, 9.17) is 16.3 Å². The van der Waals surface area contributed by atoms with E-state index in [9.17, 15) is 0 Å². The fraction of sp³-hybridized carbons (Fsp3) is 0.250. The monoisotopic (exact) mass is 353 g/mol. The zero-order valence-electron chi connectivity index (χ0n) is 11.3. The van der Waals surface area contributed by atoms with E-state index in [0.29, 0.717) is 0 Å². The lowest BCUT2D eigenvalue weighted by molar-refractivity contribution is 0.482. The fourth-order valence-corrected chi connectivity index (χ4v) is 2.28. The van der Waals surface area contributed by atoms with Gasteiger partial charge < -0.3 is 10.1 Å². The molecule has 0 aliphatic rings. The first-order valence-electron chi connectivity index (χ1n) is 6.61. The Morgan fingerprint density at radius 2 is 1.80 bits per heavy atom. The molecule has 0 fully saturated rings. The number of benzene rings is 2. The SMILES string of the molecule is CCCNCc1ccc(Oc2ccc(Br)cc2)cc1Cl. The summed E-state index contributed by atoms with van der Waals surface area (Å²) in [4.78, 5) is 0. The van der Waals surface area contributed by atoms with Gasteiger partial charge in [-0.1, -0.05) is 40.5 Å². The summed E-state index contributed by atoms with van der Waals surface area (Å²) >= 11 is 9.67. The molecule has 2 aromatic rings. The Morgan fingerprint density at radius 3 is 2.45 bits per heavy atom. The van der Waals surface area contributed by atoms with Gasteiger partial charge in [0.05, 0.1) is 0 Å². The summed E-state index contributed by atoms with van der Waals surface area (Å²) in [5, 5.41) is 4.06. The van der Waals surface area contributed by atoms with E-state index >= 15 is 0 Å². The molecule has 0 aliphatic carbocycles. The van der Waals surface area contributed by atoms with E-state index in [0.717, 1.165) is 46.1 Å². The topological polar surface area (TPSA) is 21.3 Å². The molecule has 0 unspecified atom stereocenters. The van der Waals surface area contributed by atoms with E-state index in [2.05, 4.69) is 28.2 Å². The molecule has 0 heterocycles. The lowest BCUT2D eigenvalue weighted by atomic mass is 10.2. The Kier molecular flexibility index (Phi) is 5.89. The van der Waals surface area contributed by atoms with Crippen molar-refractivity contribution in [2.45, 2.75) is 19.9 Å². The van der Waals surface area contributed by atoms with E-state index in [-0.39, 0.29) is 0 Å². The summed E-state index contributed by atoms with van der Waals surface area (Å²) in [7, 11) is 0. The smallest absolute Gasteiger partial charge is 0.128 e. The minimum atomic E-state index is 0.725. The van der Waals surface area contributed by atoms with E-state index in [1.54, 1.807) is 0 Å². The van der Waals surface area contributed by atoms with Crippen LogP contribution in [0.3, 0.4) is 0 Å². The molecular weight excluding hydrogens is 338 g/mol. The highest BCUT2D eigenvalue weighted by atomic mass is 79.9. The van der Waals surface area contributed by atoms with Gasteiger partial charge in [-0.05, 0) is 54.9 Å². The average molecular weight is 355 g/mol. The Balaban J connectivity index is 2.03. The van der Waals surface area contributed by atoms with Gasteiger partial charge in [-0.2, -0.15) is 0 Å². The van der Waals surface area contributed by atoms with Crippen LogP contribution in [0.15, 0.2) is 46.9 Å². The van der Waals surface area contributed by atoms with Crippen molar-refractivity contribution in [1.29, 1.82) is 0 Å². The molecule has 2 rings (SSSR count). The summed E-state index contributed by atoms with van der Waals surface area (Å²) in [6.07, 6.45) is 1.11. The molecular formula is C16H17BrClNO. The molecule has 106 valence electrons. The van der Waals surface area contributed by atoms with Crippen LogP contribution in [-0.4, -0.2) is 6.54 Å². The second kappa shape index (κ2) is 7.67. The van der Waals surface area contributed by atoms with Gasteiger partial charge in [0.15, 0.2) is 0 Å². The molecule has 2 aromatic carbocycles. The first-order valence-corrected chi connectivity index (χ1v) is 7.78. The fourth-order valence-electron chi connectivity index (χ4n) is 1.77. The van der Waals surface area contributed by atoms with Crippen molar-refractivity contribution in [2.24, 2.45) is 0 Å². The maximum absolute atomic E-state index is 6.27. The van der Waals surface area contributed by atoms with Crippen molar-refractivity contribution < 1.29 is 4.74 Å². The Bertz CT molecular complexity index is 557. The maximum Gasteiger partial charge on any atom is 0.128 e. The zero-order chi connectivity index (χ0) is 14.4. The van der Waals surface area contributed by atoms with Crippen LogP contribution in [0.25, 0.3) is 0 Å². The van der Waals surface area contributed by atoms with Gasteiger partial charge in [-0.25, -0.2) is 0 Å². The van der Waals surface area contributed by atoms with Gasteiger partial charge in [0, 0.05) is 16.0 Å². The van der Waals surface area contributed by atoms with Gasteiger partial charge in [-0.15, -0.1) is 0 Å². The lowest BCUT2D eigenvalue weighted by Crippen LogP contribution is -2.13. The van der Waals surface area contributed by atoms with Gasteiger partial charge in [-0.3, -0.25) is 0 Å². The average Bonchev–Trinajstić information content (AvgIpc) is 2.44. The first kappa shape index (κ1) is 15.4. The second-order valence-electron chi connectivity index (χ2n) is 4.49. The highest BCUT2D eigenvalue weighted by Gasteiger charge is 2.03. The highest BCUT2D eigenvalue weighted by molar-refractivity contribution is 9.10. The highest BCUT2D eigenvalue weighted by Crippen LogP contribution is 2.27. The number of nitrogens with one attached hydrogen (secondary N) is 1.